The van der Waals surface area contributed by atoms with Gasteiger partial charge in [0.2, 0.25) is 0 Å². The van der Waals surface area contributed by atoms with Gasteiger partial charge in [0.25, 0.3) is 0 Å². The van der Waals surface area contributed by atoms with E-state index in [2.05, 4.69) is 0 Å². The van der Waals surface area contributed by atoms with Crippen LogP contribution in [0.1, 0.15) is 12.5 Å². The molecular weight excluding hydrogens is 252 g/mol. The first kappa shape index (κ1) is 12.7. The Hall–Kier alpha value is -1.73. The highest BCUT2D eigenvalue weighted by Crippen LogP contribution is 2.30. The molecule has 0 aromatic heterocycles. The van der Waals surface area contributed by atoms with E-state index in [0.29, 0.717) is 23.7 Å². The van der Waals surface area contributed by atoms with Crippen molar-refractivity contribution in [3.8, 4) is 6.07 Å². The minimum Gasteiger partial charge on any atom is -0.481 e. The van der Waals surface area contributed by atoms with Gasteiger partial charge in [-0.05, 0) is 24.1 Å². The van der Waals surface area contributed by atoms with Crippen LogP contribution >= 0.6 is 11.6 Å². The van der Waals surface area contributed by atoms with E-state index in [1.165, 1.54) is 0 Å². The second-order valence-corrected chi connectivity index (χ2v) is 5.01. The molecule has 0 radical (unpaired) electrons. The standard InChI is InChI=1S/C13H13ClN2O2/c1-8-6-16(7-11(8)13(17)18)10-3-2-9(5-15)12(14)4-10/h2-4,8,11H,6-7H2,1H3,(H,17,18). The molecule has 0 spiro atoms. The zero-order valence-electron chi connectivity index (χ0n) is 9.93. The van der Waals surface area contributed by atoms with Crippen LogP contribution in [0.15, 0.2) is 18.2 Å². The van der Waals surface area contributed by atoms with Gasteiger partial charge in [-0.15, -0.1) is 0 Å². The number of anilines is 1. The minimum absolute atomic E-state index is 0.108. The van der Waals surface area contributed by atoms with Crippen molar-refractivity contribution in [1.29, 1.82) is 5.26 Å². The molecule has 1 aromatic carbocycles. The summed E-state index contributed by atoms with van der Waals surface area (Å²) < 4.78 is 0. The average Bonchev–Trinajstić information content (AvgIpc) is 2.71. The van der Waals surface area contributed by atoms with Crippen LogP contribution in [0.2, 0.25) is 5.02 Å². The molecule has 0 aliphatic carbocycles. The van der Waals surface area contributed by atoms with Crippen molar-refractivity contribution >= 4 is 23.3 Å². The number of carboxylic acid groups (broad SMARTS) is 1. The number of nitriles is 1. The largest absolute Gasteiger partial charge is 0.481 e. The van der Waals surface area contributed by atoms with E-state index >= 15 is 0 Å². The van der Waals surface area contributed by atoms with E-state index < -0.39 is 5.97 Å². The molecule has 0 bridgehead atoms. The maximum Gasteiger partial charge on any atom is 0.308 e. The lowest BCUT2D eigenvalue weighted by Crippen LogP contribution is -2.23. The van der Waals surface area contributed by atoms with Crippen LogP contribution in [0.3, 0.4) is 0 Å². The van der Waals surface area contributed by atoms with E-state index in [1.807, 2.05) is 17.9 Å². The Balaban J connectivity index is 2.22. The maximum absolute atomic E-state index is 11.1. The van der Waals surface area contributed by atoms with Gasteiger partial charge in [-0.3, -0.25) is 4.79 Å². The Morgan fingerprint density at radius 2 is 2.28 bits per heavy atom. The molecule has 5 heteroatoms. The van der Waals surface area contributed by atoms with Gasteiger partial charge in [0, 0.05) is 18.8 Å². The Morgan fingerprint density at radius 3 is 2.78 bits per heavy atom. The van der Waals surface area contributed by atoms with Crippen molar-refractivity contribution in [2.24, 2.45) is 11.8 Å². The lowest BCUT2D eigenvalue weighted by Gasteiger charge is -2.18. The smallest absolute Gasteiger partial charge is 0.308 e. The first-order valence-corrected chi connectivity index (χ1v) is 6.08. The van der Waals surface area contributed by atoms with E-state index in [1.54, 1.807) is 18.2 Å². The van der Waals surface area contributed by atoms with Crippen LogP contribution in [0.5, 0.6) is 0 Å². The average molecular weight is 265 g/mol. The first-order valence-electron chi connectivity index (χ1n) is 5.70. The fraction of sp³-hybridized carbons (Fsp3) is 0.385. The van der Waals surface area contributed by atoms with Crippen LogP contribution in [-0.4, -0.2) is 24.2 Å². The summed E-state index contributed by atoms with van der Waals surface area (Å²) in [4.78, 5) is 13.1. The quantitative estimate of drug-likeness (QED) is 0.891. The van der Waals surface area contributed by atoms with Crippen LogP contribution in [-0.2, 0) is 4.79 Å². The van der Waals surface area contributed by atoms with Gasteiger partial charge in [0.05, 0.1) is 16.5 Å². The lowest BCUT2D eigenvalue weighted by atomic mass is 9.99. The monoisotopic (exact) mass is 264 g/mol. The summed E-state index contributed by atoms with van der Waals surface area (Å²) >= 11 is 5.98. The molecule has 1 aliphatic rings. The minimum atomic E-state index is -0.759. The van der Waals surface area contributed by atoms with Gasteiger partial charge in [0.15, 0.2) is 0 Å². The molecule has 18 heavy (non-hydrogen) atoms. The highest BCUT2D eigenvalue weighted by Gasteiger charge is 2.34. The predicted molar refractivity (Wildman–Crippen MR) is 68.7 cm³/mol. The highest BCUT2D eigenvalue weighted by molar-refractivity contribution is 6.32. The molecule has 1 aromatic rings. The molecule has 2 rings (SSSR count). The SMILES string of the molecule is CC1CN(c2ccc(C#N)c(Cl)c2)CC1C(=O)O. The lowest BCUT2D eigenvalue weighted by molar-refractivity contribution is -0.142. The van der Waals surface area contributed by atoms with E-state index in [0.717, 1.165) is 5.69 Å². The number of aliphatic carboxylic acids is 1. The summed E-state index contributed by atoms with van der Waals surface area (Å²) in [6.45, 7) is 3.11. The third-order valence-corrected chi connectivity index (χ3v) is 3.68. The van der Waals surface area contributed by atoms with Gasteiger partial charge in [0.1, 0.15) is 6.07 Å². The Bertz CT molecular complexity index is 524. The van der Waals surface area contributed by atoms with Crippen molar-refractivity contribution in [3.63, 3.8) is 0 Å². The van der Waals surface area contributed by atoms with Gasteiger partial charge < -0.3 is 10.0 Å². The molecule has 2 unspecified atom stereocenters. The molecule has 2 atom stereocenters. The summed E-state index contributed by atoms with van der Waals surface area (Å²) in [5.41, 5.74) is 1.30. The molecule has 0 saturated carbocycles. The zero-order chi connectivity index (χ0) is 13.3. The molecule has 94 valence electrons. The number of halogens is 1. The fourth-order valence-corrected chi connectivity index (χ4v) is 2.51. The number of hydrogen-bond acceptors (Lipinski definition) is 3. The van der Waals surface area contributed by atoms with Crippen molar-refractivity contribution in [2.75, 3.05) is 18.0 Å². The molecule has 1 N–H and O–H groups in total. The van der Waals surface area contributed by atoms with Gasteiger partial charge in [-0.25, -0.2) is 0 Å². The second-order valence-electron chi connectivity index (χ2n) is 4.60. The van der Waals surface area contributed by atoms with Crippen molar-refractivity contribution in [3.05, 3.63) is 28.8 Å². The second kappa shape index (κ2) is 4.87. The Kier molecular flexibility index (Phi) is 3.44. The summed E-state index contributed by atoms with van der Waals surface area (Å²) in [5, 5.41) is 18.3. The number of rotatable bonds is 2. The summed E-state index contributed by atoms with van der Waals surface area (Å²) in [6.07, 6.45) is 0. The van der Waals surface area contributed by atoms with Crippen molar-refractivity contribution < 1.29 is 9.90 Å². The number of benzene rings is 1. The van der Waals surface area contributed by atoms with E-state index in [-0.39, 0.29) is 11.8 Å². The van der Waals surface area contributed by atoms with Gasteiger partial charge in [-0.1, -0.05) is 18.5 Å². The molecule has 1 fully saturated rings. The summed E-state index contributed by atoms with van der Waals surface area (Å²) in [5.74, 6) is -0.999. The van der Waals surface area contributed by atoms with Crippen LogP contribution in [0, 0.1) is 23.2 Å². The topological polar surface area (TPSA) is 64.3 Å². The van der Waals surface area contributed by atoms with Crippen molar-refractivity contribution in [2.45, 2.75) is 6.92 Å². The third kappa shape index (κ3) is 2.27. The maximum atomic E-state index is 11.1. The van der Waals surface area contributed by atoms with Crippen LogP contribution in [0.25, 0.3) is 0 Å². The number of nitrogens with zero attached hydrogens (tertiary/aromatic N) is 2. The predicted octanol–water partition coefficient (Wildman–Crippen LogP) is 2.37. The number of carbonyl (C=O) groups is 1. The first-order chi connectivity index (χ1) is 8.52. The van der Waals surface area contributed by atoms with Crippen molar-refractivity contribution in [1.82, 2.24) is 0 Å². The number of carboxylic acids is 1. The normalized spacial score (nSPS) is 22.8. The van der Waals surface area contributed by atoms with Crippen LogP contribution < -0.4 is 4.90 Å². The summed E-state index contributed by atoms with van der Waals surface area (Å²) in [6, 6.07) is 7.19. The Labute approximate surface area is 110 Å². The Morgan fingerprint density at radius 1 is 1.56 bits per heavy atom. The number of hydrogen-bond donors (Lipinski definition) is 1. The van der Waals surface area contributed by atoms with E-state index in [9.17, 15) is 4.79 Å². The molecule has 4 nitrogen and oxygen atoms in total. The molecule has 1 saturated heterocycles. The van der Waals surface area contributed by atoms with Crippen LogP contribution in [0.4, 0.5) is 5.69 Å². The van der Waals surface area contributed by atoms with E-state index in [4.69, 9.17) is 22.0 Å². The third-order valence-electron chi connectivity index (χ3n) is 3.37. The summed E-state index contributed by atoms with van der Waals surface area (Å²) in [7, 11) is 0. The van der Waals surface area contributed by atoms with Gasteiger partial charge >= 0.3 is 5.97 Å². The van der Waals surface area contributed by atoms with Gasteiger partial charge in [-0.2, -0.15) is 5.26 Å². The highest BCUT2D eigenvalue weighted by atomic mass is 35.5. The molecule has 0 amide bonds. The molecular formula is C13H13ClN2O2. The molecule has 1 aliphatic heterocycles. The fourth-order valence-electron chi connectivity index (χ4n) is 2.29. The molecule has 1 heterocycles. The zero-order valence-corrected chi connectivity index (χ0v) is 10.7.